The minimum Gasteiger partial charge on any atom is -0.329 e. The first kappa shape index (κ1) is 8.50. The molecular formula is C7H16N2. The minimum atomic E-state index is 0.138. The van der Waals surface area contributed by atoms with Crippen molar-refractivity contribution < 1.29 is 0 Å². The van der Waals surface area contributed by atoms with Gasteiger partial charge in [-0.15, -0.1) is 0 Å². The van der Waals surface area contributed by atoms with Crippen LogP contribution in [0.2, 0.25) is 0 Å². The Labute approximate surface area is 57.3 Å². The molecule has 0 bridgehead atoms. The van der Waals surface area contributed by atoms with Crippen LogP contribution in [0, 0.1) is 0 Å². The minimum absolute atomic E-state index is 0.138. The normalized spacial score (nSPS) is 12.4. The highest BCUT2D eigenvalue weighted by molar-refractivity contribution is 4.75. The fraction of sp³-hybridized carbons (Fsp3) is 0.714. The first-order chi connectivity index (χ1) is 4.06. The van der Waals surface area contributed by atoms with Crippen molar-refractivity contribution >= 4 is 0 Å². The highest BCUT2D eigenvalue weighted by atomic mass is 15.4. The molecule has 0 spiro atoms. The molecule has 2 nitrogen and oxygen atoms in total. The van der Waals surface area contributed by atoms with Gasteiger partial charge in [0.05, 0.1) is 0 Å². The van der Waals surface area contributed by atoms with Crippen molar-refractivity contribution in [2.75, 3.05) is 0 Å². The number of hydrogen-bond donors (Lipinski definition) is 2. The smallest absolute Gasteiger partial charge is 0.0286 e. The molecule has 0 rings (SSSR count). The van der Waals surface area contributed by atoms with Crippen LogP contribution < -0.4 is 10.9 Å². The summed E-state index contributed by atoms with van der Waals surface area (Å²) in [5, 5.41) is 0. The second kappa shape index (κ2) is 3.51. The van der Waals surface area contributed by atoms with E-state index in [1.165, 1.54) is 0 Å². The second-order valence-corrected chi connectivity index (χ2v) is 3.02. The maximum Gasteiger partial charge on any atom is 0.0286 e. The predicted molar refractivity (Wildman–Crippen MR) is 40.8 cm³/mol. The Hall–Kier alpha value is -0.500. The molecule has 0 amide bonds. The van der Waals surface area contributed by atoms with E-state index in [2.05, 4.69) is 31.6 Å². The molecule has 2 N–H and O–H groups in total. The van der Waals surface area contributed by atoms with Crippen molar-refractivity contribution in [1.82, 2.24) is 10.9 Å². The van der Waals surface area contributed by atoms with Crippen molar-refractivity contribution in [2.45, 2.75) is 33.2 Å². The molecule has 0 heterocycles. The summed E-state index contributed by atoms with van der Waals surface area (Å²) in [6.07, 6.45) is 3.81. The quantitative estimate of drug-likeness (QED) is 0.549. The maximum atomic E-state index is 3.09. The first-order valence-corrected chi connectivity index (χ1v) is 3.20. The van der Waals surface area contributed by atoms with Gasteiger partial charge in [-0.25, -0.2) is 5.43 Å². The van der Waals surface area contributed by atoms with Gasteiger partial charge >= 0.3 is 0 Å². The molecular weight excluding hydrogens is 112 g/mol. The average molecular weight is 128 g/mol. The van der Waals surface area contributed by atoms with E-state index in [0.717, 1.165) is 0 Å². The van der Waals surface area contributed by atoms with Crippen LogP contribution in [0.25, 0.3) is 0 Å². The summed E-state index contributed by atoms with van der Waals surface area (Å²) < 4.78 is 0. The topological polar surface area (TPSA) is 24.1 Å². The monoisotopic (exact) mass is 128 g/mol. The van der Waals surface area contributed by atoms with Gasteiger partial charge in [0.25, 0.3) is 0 Å². The molecule has 0 fully saturated rings. The molecule has 9 heavy (non-hydrogen) atoms. The van der Waals surface area contributed by atoms with Crippen molar-refractivity contribution in [3.63, 3.8) is 0 Å². The molecule has 0 atom stereocenters. The van der Waals surface area contributed by atoms with Crippen LogP contribution in [0.4, 0.5) is 0 Å². The van der Waals surface area contributed by atoms with Crippen LogP contribution in [0.3, 0.4) is 0 Å². The van der Waals surface area contributed by atoms with Crippen LogP contribution in [0.1, 0.15) is 27.7 Å². The van der Waals surface area contributed by atoms with E-state index < -0.39 is 0 Å². The number of allylic oxidation sites excluding steroid dienone is 1. The number of hydrazine groups is 1. The zero-order valence-corrected chi connectivity index (χ0v) is 6.65. The third-order valence-electron chi connectivity index (χ3n) is 0.697. The molecule has 0 aromatic carbocycles. The lowest BCUT2D eigenvalue weighted by molar-refractivity contribution is 0.392. The number of rotatable bonds is 2. The standard InChI is InChI=1S/C7H16N2/c1-5-6-8-9-7(2,3)4/h5-6,8-9H,1-4H3. The van der Waals surface area contributed by atoms with Crippen molar-refractivity contribution in [3.8, 4) is 0 Å². The van der Waals surface area contributed by atoms with Crippen LogP contribution in [-0.2, 0) is 0 Å². The summed E-state index contributed by atoms with van der Waals surface area (Å²) in [6.45, 7) is 8.27. The zero-order valence-electron chi connectivity index (χ0n) is 6.65. The van der Waals surface area contributed by atoms with Crippen LogP contribution in [0.15, 0.2) is 12.3 Å². The molecule has 54 valence electrons. The molecule has 0 saturated carbocycles. The Balaban J connectivity index is 3.28. The Kier molecular flexibility index (Phi) is 3.32. The summed E-state index contributed by atoms with van der Waals surface area (Å²) in [7, 11) is 0. The zero-order chi connectivity index (χ0) is 7.33. The van der Waals surface area contributed by atoms with Gasteiger partial charge in [-0.3, -0.25) is 0 Å². The summed E-state index contributed by atoms with van der Waals surface area (Å²) in [5.41, 5.74) is 6.17. The SMILES string of the molecule is CC=CNNC(C)(C)C. The van der Waals surface area contributed by atoms with E-state index >= 15 is 0 Å². The van der Waals surface area contributed by atoms with Crippen LogP contribution >= 0.6 is 0 Å². The largest absolute Gasteiger partial charge is 0.329 e. The first-order valence-electron chi connectivity index (χ1n) is 3.20. The third kappa shape index (κ3) is 7.50. The van der Waals surface area contributed by atoms with Gasteiger partial charge in [-0.05, 0) is 27.7 Å². The van der Waals surface area contributed by atoms with Crippen molar-refractivity contribution in [1.29, 1.82) is 0 Å². The summed E-state index contributed by atoms with van der Waals surface area (Å²) in [4.78, 5) is 0. The highest BCUT2D eigenvalue weighted by Crippen LogP contribution is 1.94. The molecule has 0 aliphatic carbocycles. The molecule has 0 saturated heterocycles. The molecule has 2 heteroatoms. The second-order valence-electron chi connectivity index (χ2n) is 3.02. The summed E-state index contributed by atoms with van der Waals surface area (Å²) in [6, 6.07) is 0. The van der Waals surface area contributed by atoms with Gasteiger partial charge in [-0.1, -0.05) is 6.08 Å². The lowest BCUT2D eigenvalue weighted by atomic mass is 10.1. The van der Waals surface area contributed by atoms with Gasteiger partial charge in [0, 0.05) is 11.7 Å². The molecule has 0 aliphatic heterocycles. The van der Waals surface area contributed by atoms with Gasteiger partial charge in [0.1, 0.15) is 0 Å². The number of nitrogens with one attached hydrogen (secondary N) is 2. The molecule has 0 aromatic heterocycles. The van der Waals surface area contributed by atoms with E-state index in [9.17, 15) is 0 Å². The average Bonchev–Trinajstić information content (AvgIpc) is 1.63. The van der Waals surface area contributed by atoms with Crippen molar-refractivity contribution in [2.24, 2.45) is 0 Å². The Morgan fingerprint density at radius 3 is 2.11 bits per heavy atom. The fourth-order valence-corrected chi connectivity index (χ4v) is 0.342. The van der Waals surface area contributed by atoms with Gasteiger partial charge < -0.3 is 5.43 Å². The van der Waals surface area contributed by atoms with E-state index in [0.29, 0.717) is 0 Å². The molecule has 0 aromatic rings. The van der Waals surface area contributed by atoms with E-state index in [1.807, 2.05) is 19.2 Å². The van der Waals surface area contributed by atoms with Gasteiger partial charge in [0.15, 0.2) is 0 Å². The van der Waals surface area contributed by atoms with E-state index in [1.54, 1.807) is 0 Å². The Morgan fingerprint density at radius 2 is 1.78 bits per heavy atom. The summed E-state index contributed by atoms with van der Waals surface area (Å²) in [5.74, 6) is 0. The highest BCUT2D eigenvalue weighted by Gasteiger charge is 2.05. The third-order valence-corrected chi connectivity index (χ3v) is 0.697. The lowest BCUT2D eigenvalue weighted by Crippen LogP contribution is -2.43. The van der Waals surface area contributed by atoms with E-state index in [-0.39, 0.29) is 5.54 Å². The lowest BCUT2D eigenvalue weighted by Gasteiger charge is -2.19. The predicted octanol–water partition coefficient (Wildman–Crippen LogP) is 1.41. The maximum absolute atomic E-state index is 3.09. The Morgan fingerprint density at radius 1 is 1.22 bits per heavy atom. The van der Waals surface area contributed by atoms with E-state index in [4.69, 9.17) is 0 Å². The number of hydrogen-bond acceptors (Lipinski definition) is 2. The Bertz CT molecular complexity index is 89.6. The van der Waals surface area contributed by atoms with Crippen LogP contribution in [0.5, 0.6) is 0 Å². The van der Waals surface area contributed by atoms with Crippen LogP contribution in [-0.4, -0.2) is 5.54 Å². The fourth-order valence-electron chi connectivity index (χ4n) is 0.342. The van der Waals surface area contributed by atoms with Gasteiger partial charge in [0.2, 0.25) is 0 Å². The van der Waals surface area contributed by atoms with Crippen molar-refractivity contribution in [3.05, 3.63) is 12.3 Å². The van der Waals surface area contributed by atoms with Gasteiger partial charge in [-0.2, -0.15) is 0 Å². The summed E-state index contributed by atoms with van der Waals surface area (Å²) >= 11 is 0. The molecule has 0 aliphatic rings. The molecule has 0 radical (unpaired) electrons. The molecule has 0 unspecified atom stereocenters.